The minimum atomic E-state index is -0.0711. The molecule has 1 heterocycles. The molecule has 0 fully saturated rings. The highest BCUT2D eigenvalue weighted by Gasteiger charge is 2.34. The van der Waals surface area contributed by atoms with Gasteiger partial charge in [-0.05, 0) is 29.5 Å². The van der Waals surface area contributed by atoms with Crippen LogP contribution in [0.4, 0.5) is 5.82 Å². The molecule has 92 valence electrons. The highest BCUT2D eigenvalue weighted by molar-refractivity contribution is 6.30. The first-order valence-electron chi connectivity index (χ1n) is 5.89. The Bertz CT molecular complexity index is 635. The van der Waals surface area contributed by atoms with Crippen molar-refractivity contribution in [2.24, 2.45) is 0 Å². The van der Waals surface area contributed by atoms with Crippen LogP contribution in [0.3, 0.4) is 0 Å². The molecule has 0 bridgehead atoms. The minimum Gasteiger partial charge on any atom is -0.383 e. The molecule has 4 heteroatoms. The van der Waals surface area contributed by atoms with Crippen molar-refractivity contribution in [3.63, 3.8) is 0 Å². The number of nitrogen functional groups attached to an aromatic ring is 1. The number of anilines is 1. The Labute approximate surface area is 111 Å². The van der Waals surface area contributed by atoms with E-state index in [0.29, 0.717) is 5.82 Å². The van der Waals surface area contributed by atoms with Gasteiger partial charge in [0.1, 0.15) is 12.1 Å². The number of rotatable bonds is 0. The molecule has 0 unspecified atom stereocenters. The Balaban J connectivity index is 2.35. The van der Waals surface area contributed by atoms with Gasteiger partial charge in [-0.3, -0.25) is 0 Å². The molecule has 0 atom stereocenters. The molecule has 0 amide bonds. The van der Waals surface area contributed by atoms with Crippen molar-refractivity contribution in [1.29, 1.82) is 0 Å². The van der Waals surface area contributed by atoms with E-state index in [0.717, 1.165) is 28.3 Å². The second kappa shape index (κ2) is 3.69. The quantitative estimate of drug-likeness (QED) is 0.790. The third-order valence-corrected chi connectivity index (χ3v) is 3.74. The fourth-order valence-electron chi connectivity index (χ4n) is 2.77. The van der Waals surface area contributed by atoms with Gasteiger partial charge in [0, 0.05) is 16.1 Å². The fraction of sp³-hybridized carbons (Fsp3) is 0.286. The van der Waals surface area contributed by atoms with Gasteiger partial charge < -0.3 is 5.73 Å². The Kier molecular flexibility index (Phi) is 2.35. The molecule has 1 aliphatic carbocycles. The standard InChI is InChI=1S/C14H14ClN3/c1-14(2)6-8-5-9(15)3-4-10(8)12-11(14)13(16)18-7-17-12/h3-5,7H,6H2,1-2H3,(H2,16,17,18). The zero-order chi connectivity index (χ0) is 12.9. The summed E-state index contributed by atoms with van der Waals surface area (Å²) in [5.41, 5.74) is 10.3. The average molecular weight is 260 g/mol. The maximum atomic E-state index is 6.07. The Hall–Kier alpha value is -1.61. The molecular weight excluding hydrogens is 246 g/mol. The molecule has 0 saturated carbocycles. The van der Waals surface area contributed by atoms with E-state index in [4.69, 9.17) is 17.3 Å². The van der Waals surface area contributed by atoms with Gasteiger partial charge in [-0.15, -0.1) is 0 Å². The van der Waals surface area contributed by atoms with Crippen LogP contribution in [0, 0.1) is 0 Å². The van der Waals surface area contributed by atoms with Crippen LogP contribution in [0.15, 0.2) is 24.5 Å². The first-order chi connectivity index (χ1) is 8.49. The molecule has 3 nitrogen and oxygen atoms in total. The van der Waals surface area contributed by atoms with Crippen LogP contribution in [-0.2, 0) is 11.8 Å². The number of halogens is 1. The Morgan fingerprint density at radius 1 is 1.28 bits per heavy atom. The lowest BCUT2D eigenvalue weighted by Gasteiger charge is -2.33. The van der Waals surface area contributed by atoms with Gasteiger partial charge >= 0.3 is 0 Å². The SMILES string of the molecule is CC1(C)Cc2cc(Cl)ccc2-c2ncnc(N)c21. The van der Waals surface area contributed by atoms with E-state index in [2.05, 4.69) is 23.8 Å². The van der Waals surface area contributed by atoms with E-state index in [9.17, 15) is 0 Å². The maximum absolute atomic E-state index is 6.07. The van der Waals surface area contributed by atoms with Gasteiger partial charge in [0.25, 0.3) is 0 Å². The normalized spacial score (nSPS) is 15.9. The number of nitrogens with two attached hydrogens (primary N) is 1. The van der Waals surface area contributed by atoms with Crippen molar-refractivity contribution in [1.82, 2.24) is 9.97 Å². The van der Waals surface area contributed by atoms with Gasteiger partial charge in [0.2, 0.25) is 0 Å². The number of hydrogen-bond donors (Lipinski definition) is 1. The van der Waals surface area contributed by atoms with E-state index >= 15 is 0 Å². The van der Waals surface area contributed by atoms with Crippen LogP contribution in [0.5, 0.6) is 0 Å². The summed E-state index contributed by atoms with van der Waals surface area (Å²) in [7, 11) is 0. The summed E-state index contributed by atoms with van der Waals surface area (Å²) in [6.45, 7) is 4.32. The van der Waals surface area contributed by atoms with Crippen molar-refractivity contribution >= 4 is 17.4 Å². The number of aromatic nitrogens is 2. The van der Waals surface area contributed by atoms with Crippen LogP contribution in [0.1, 0.15) is 25.0 Å². The summed E-state index contributed by atoms with van der Waals surface area (Å²) >= 11 is 6.07. The van der Waals surface area contributed by atoms with Crippen molar-refractivity contribution in [3.8, 4) is 11.3 Å². The van der Waals surface area contributed by atoms with E-state index in [-0.39, 0.29) is 5.41 Å². The first kappa shape index (κ1) is 11.5. The van der Waals surface area contributed by atoms with Crippen molar-refractivity contribution < 1.29 is 0 Å². The third kappa shape index (κ3) is 1.58. The van der Waals surface area contributed by atoms with Gasteiger partial charge in [-0.1, -0.05) is 31.5 Å². The molecule has 3 rings (SSSR count). The predicted octanol–water partition coefficient (Wildman–Crippen LogP) is 3.21. The Morgan fingerprint density at radius 2 is 2.06 bits per heavy atom. The van der Waals surface area contributed by atoms with Crippen molar-refractivity contribution in [2.75, 3.05) is 5.73 Å². The predicted molar refractivity (Wildman–Crippen MR) is 73.6 cm³/mol. The van der Waals surface area contributed by atoms with Crippen LogP contribution in [-0.4, -0.2) is 9.97 Å². The molecule has 2 N–H and O–H groups in total. The lowest BCUT2D eigenvalue weighted by atomic mass is 9.72. The largest absolute Gasteiger partial charge is 0.383 e. The van der Waals surface area contributed by atoms with Crippen LogP contribution >= 0.6 is 11.6 Å². The topological polar surface area (TPSA) is 51.8 Å². The molecule has 1 aromatic heterocycles. The van der Waals surface area contributed by atoms with Crippen molar-refractivity contribution in [3.05, 3.63) is 40.7 Å². The molecule has 0 saturated heterocycles. The van der Waals surface area contributed by atoms with E-state index in [1.54, 1.807) is 0 Å². The average Bonchev–Trinajstić information content (AvgIpc) is 2.27. The molecule has 0 spiro atoms. The fourth-order valence-corrected chi connectivity index (χ4v) is 2.97. The second-order valence-electron chi connectivity index (χ2n) is 5.34. The monoisotopic (exact) mass is 259 g/mol. The van der Waals surface area contributed by atoms with Crippen LogP contribution < -0.4 is 5.73 Å². The minimum absolute atomic E-state index is 0.0711. The summed E-state index contributed by atoms with van der Waals surface area (Å²) in [6.07, 6.45) is 2.42. The van der Waals surface area contributed by atoms with Crippen molar-refractivity contribution in [2.45, 2.75) is 25.7 Å². The summed E-state index contributed by atoms with van der Waals surface area (Å²) < 4.78 is 0. The summed E-state index contributed by atoms with van der Waals surface area (Å²) in [5, 5.41) is 0.759. The number of benzene rings is 1. The number of nitrogens with zero attached hydrogens (tertiary/aromatic N) is 2. The third-order valence-electron chi connectivity index (χ3n) is 3.51. The highest BCUT2D eigenvalue weighted by Crippen LogP contribution is 2.44. The van der Waals surface area contributed by atoms with Gasteiger partial charge in [-0.25, -0.2) is 9.97 Å². The molecule has 2 aromatic rings. The number of hydrogen-bond acceptors (Lipinski definition) is 3. The molecule has 1 aromatic carbocycles. The zero-order valence-electron chi connectivity index (χ0n) is 10.4. The second-order valence-corrected chi connectivity index (χ2v) is 5.78. The van der Waals surface area contributed by atoms with Crippen LogP contribution in [0.2, 0.25) is 5.02 Å². The summed E-state index contributed by atoms with van der Waals surface area (Å²) in [6, 6.07) is 5.92. The summed E-state index contributed by atoms with van der Waals surface area (Å²) in [5.74, 6) is 0.575. The van der Waals surface area contributed by atoms with E-state index < -0.39 is 0 Å². The maximum Gasteiger partial charge on any atom is 0.131 e. The number of fused-ring (bicyclic) bond motifs is 3. The van der Waals surface area contributed by atoms with E-state index in [1.807, 2.05) is 18.2 Å². The van der Waals surface area contributed by atoms with Gasteiger partial charge in [0.05, 0.1) is 5.69 Å². The van der Waals surface area contributed by atoms with Crippen LogP contribution in [0.25, 0.3) is 11.3 Å². The van der Waals surface area contributed by atoms with Gasteiger partial charge in [0.15, 0.2) is 0 Å². The molecule has 1 aliphatic rings. The molecule has 0 aliphatic heterocycles. The molecule has 18 heavy (non-hydrogen) atoms. The van der Waals surface area contributed by atoms with Gasteiger partial charge in [-0.2, -0.15) is 0 Å². The lowest BCUT2D eigenvalue weighted by Crippen LogP contribution is -2.28. The zero-order valence-corrected chi connectivity index (χ0v) is 11.1. The lowest BCUT2D eigenvalue weighted by molar-refractivity contribution is 0.515. The Morgan fingerprint density at radius 3 is 2.83 bits per heavy atom. The highest BCUT2D eigenvalue weighted by atomic mass is 35.5. The molecular formula is C14H14ClN3. The summed E-state index contributed by atoms with van der Waals surface area (Å²) in [4.78, 5) is 8.53. The van der Waals surface area contributed by atoms with E-state index in [1.165, 1.54) is 11.9 Å². The smallest absolute Gasteiger partial charge is 0.131 e. The first-order valence-corrected chi connectivity index (χ1v) is 6.26. The molecule has 0 radical (unpaired) electrons.